The smallest absolute Gasteiger partial charge is 0.0764 e. The Kier molecular flexibility index (Phi) is 4.75. The highest BCUT2D eigenvalue weighted by atomic mass is 16.3. The molecule has 0 saturated carbocycles. The molecule has 2 N–H and O–H groups in total. The fourth-order valence-electron chi connectivity index (χ4n) is 1.51. The Morgan fingerprint density at radius 2 is 2.18 bits per heavy atom. The highest BCUT2D eigenvalue weighted by molar-refractivity contribution is 5.68. The van der Waals surface area contributed by atoms with Gasteiger partial charge in [-0.05, 0) is 12.5 Å². The maximum absolute atomic E-state index is 9.38. The molecular weight excluding hydrogens is 214 g/mol. The molecule has 0 aromatic carbocycles. The van der Waals surface area contributed by atoms with Crippen molar-refractivity contribution in [1.82, 2.24) is 4.98 Å². The Bertz CT molecular complexity index is 348. The zero-order chi connectivity index (χ0) is 12.9. The molecule has 17 heavy (non-hydrogen) atoms. The van der Waals surface area contributed by atoms with Crippen molar-refractivity contribution < 1.29 is 5.11 Å². The van der Waals surface area contributed by atoms with Crippen LogP contribution in [0.2, 0.25) is 0 Å². The molecule has 1 unspecified atom stereocenters. The molecule has 0 aliphatic rings. The summed E-state index contributed by atoms with van der Waals surface area (Å²) in [5.41, 5.74) is 2.03. The Morgan fingerprint density at radius 1 is 1.47 bits per heavy atom. The molecule has 1 heterocycles. The SMILES string of the molecule is CCC(C)(CO)CNc1cnccc1N(C)C. The van der Waals surface area contributed by atoms with E-state index in [0.29, 0.717) is 0 Å². The molecule has 0 spiro atoms. The zero-order valence-electron chi connectivity index (χ0n) is 11.2. The number of anilines is 2. The average Bonchev–Trinajstić information content (AvgIpc) is 2.36. The summed E-state index contributed by atoms with van der Waals surface area (Å²) in [5, 5.41) is 12.7. The van der Waals surface area contributed by atoms with Gasteiger partial charge in [0.1, 0.15) is 0 Å². The van der Waals surface area contributed by atoms with Crippen LogP contribution in [0, 0.1) is 5.41 Å². The van der Waals surface area contributed by atoms with Crippen molar-refractivity contribution in [3.8, 4) is 0 Å². The highest BCUT2D eigenvalue weighted by Gasteiger charge is 2.21. The number of rotatable bonds is 6. The molecule has 1 aromatic heterocycles. The maximum atomic E-state index is 9.38. The molecule has 1 rings (SSSR count). The van der Waals surface area contributed by atoms with Gasteiger partial charge in [0.15, 0.2) is 0 Å². The molecule has 0 aliphatic carbocycles. The van der Waals surface area contributed by atoms with Gasteiger partial charge in [-0.25, -0.2) is 0 Å². The van der Waals surface area contributed by atoms with Crippen LogP contribution in [-0.4, -0.2) is 37.3 Å². The van der Waals surface area contributed by atoms with Crippen LogP contribution in [-0.2, 0) is 0 Å². The van der Waals surface area contributed by atoms with Gasteiger partial charge in [0.25, 0.3) is 0 Å². The second-order valence-electron chi connectivity index (χ2n) is 4.96. The molecule has 0 bridgehead atoms. The molecule has 0 fully saturated rings. The first-order chi connectivity index (χ1) is 8.02. The van der Waals surface area contributed by atoms with Crippen LogP contribution in [0.5, 0.6) is 0 Å². The number of nitrogens with zero attached hydrogens (tertiary/aromatic N) is 2. The molecule has 4 nitrogen and oxygen atoms in total. The third-order valence-corrected chi connectivity index (χ3v) is 3.22. The summed E-state index contributed by atoms with van der Waals surface area (Å²) >= 11 is 0. The number of hydrogen-bond acceptors (Lipinski definition) is 4. The molecular formula is C13H23N3O. The third kappa shape index (κ3) is 3.60. The lowest BCUT2D eigenvalue weighted by atomic mass is 9.88. The molecule has 1 atom stereocenters. The predicted octanol–water partition coefficient (Wildman–Crippen LogP) is 1.97. The van der Waals surface area contributed by atoms with Gasteiger partial charge in [0.2, 0.25) is 0 Å². The number of pyridine rings is 1. The molecule has 0 amide bonds. The van der Waals surface area contributed by atoms with Crippen molar-refractivity contribution in [1.29, 1.82) is 0 Å². The number of aliphatic hydroxyl groups excluding tert-OH is 1. The minimum Gasteiger partial charge on any atom is -0.396 e. The van der Waals surface area contributed by atoms with E-state index in [1.807, 2.05) is 31.3 Å². The maximum Gasteiger partial charge on any atom is 0.0764 e. The largest absolute Gasteiger partial charge is 0.396 e. The minimum atomic E-state index is -0.0839. The van der Waals surface area contributed by atoms with Gasteiger partial charge in [-0.3, -0.25) is 4.98 Å². The van der Waals surface area contributed by atoms with Crippen LogP contribution in [0.4, 0.5) is 11.4 Å². The fraction of sp³-hybridized carbons (Fsp3) is 0.615. The second-order valence-corrected chi connectivity index (χ2v) is 4.96. The van der Waals surface area contributed by atoms with Crippen molar-refractivity contribution in [2.24, 2.45) is 5.41 Å². The number of aromatic nitrogens is 1. The minimum absolute atomic E-state index is 0.0839. The van der Waals surface area contributed by atoms with Crippen molar-refractivity contribution in [3.05, 3.63) is 18.5 Å². The Balaban J connectivity index is 2.75. The van der Waals surface area contributed by atoms with E-state index in [9.17, 15) is 5.11 Å². The quantitative estimate of drug-likeness (QED) is 0.794. The van der Waals surface area contributed by atoms with Gasteiger partial charge in [0.05, 0.1) is 24.2 Å². The summed E-state index contributed by atoms with van der Waals surface area (Å²) in [4.78, 5) is 6.18. The lowest BCUT2D eigenvalue weighted by Gasteiger charge is -2.27. The van der Waals surface area contributed by atoms with Crippen molar-refractivity contribution in [2.75, 3.05) is 37.5 Å². The van der Waals surface area contributed by atoms with E-state index >= 15 is 0 Å². The predicted molar refractivity (Wildman–Crippen MR) is 72.5 cm³/mol. The number of aliphatic hydroxyl groups is 1. The molecule has 1 aromatic rings. The highest BCUT2D eigenvalue weighted by Crippen LogP contribution is 2.25. The van der Waals surface area contributed by atoms with E-state index in [1.54, 1.807) is 6.20 Å². The van der Waals surface area contributed by atoms with Crippen LogP contribution < -0.4 is 10.2 Å². The lowest BCUT2D eigenvalue weighted by Crippen LogP contribution is -2.30. The van der Waals surface area contributed by atoms with Crippen molar-refractivity contribution >= 4 is 11.4 Å². The molecule has 0 aliphatic heterocycles. The van der Waals surface area contributed by atoms with Crippen LogP contribution in [0.25, 0.3) is 0 Å². The third-order valence-electron chi connectivity index (χ3n) is 3.22. The normalized spacial score (nSPS) is 14.2. The Morgan fingerprint density at radius 3 is 2.71 bits per heavy atom. The van der Waals surface area contributed by atoms with Crippen molar-refractivity contribution in [2.45, 2.75) is 20.3 Å². The second kappa shape index (κ2) is 5.87. The fourth-order valence-corrected chi connectivity index (χ4v) is 1.51. The van der Waals surface area contributed by atoms with Gasteiger partial charge in [0, 0.05) is 32.3 Å². The Labute approximate surface area is 104 Å². The van der Waals surface area contributed by atoms with E-state index < -0.39 is 0 Å². The Hall–Kier alpha value is -1.29. The summed E-state index contributed by atoms with van der Waals surface area (Å²) in [6.07, 6.45) is 4.54. The van der Waals surface area contributed by atoms with Crippen molar-refractivity contribution in [3.63, 3.8) is 0 Å². The van der Waals surface area contributed by atoms with Gasteiger partial charge in [-0.1, -0.05) is 13.8 Å². The van der Waals surface area contributed by atoms with E-state index in [2.05, 4.69) is 24.1 Å². The number of hydrogen-bond donors (Lipinski definition) is 2. The van der Waals surface area contributed by atoms with Gasteiger partial charge in [-0.15, -0.1) is 0 Å². The summed E-state index contributed by atoms with van der Waals surface area (Å²) in [7, 11) is 4.01. The monoisotopic (exact) mass is 237 g/mol. The van der Waals surface area contributed by atoms with Crippen LogP contribution in [0.3, 0.4) is 0 Å². The zero-order valence-corrected chi connectivity index (χ0v) is 11.2. The molecule has 0 saturated heterocycles. The summed E-state index contributed by atoms with van der Waals surface area (Å²) in [6, 6.07) is 1.98. The van der Waals surface area contributed by atoms with E-state index in [1.165, 1.54) is 0 Å². The van der Waals surface area contributed by atoms with Gasteiger partial charge >= 0.3 is 0 Å². The summed E-state index contributed by atoms with van der Waals surface area (Å²) < 4.78 is 0. The average molecular weight is 237 g/mol. The standard InChI is InChI=1S/C13H23N3O/c1-5-13(2,10-17)9-15-11-8-14-7-6-12(11)16(3)4/h6-8,15,17H,5,9-10H2,1-4H3. The van der Waals surface area contributed by atoms with E-state index in [4.69, 9.17) is 0 Å². The molecule has 96 valence electrons. The van der Waals surface area contributed by atoms with Crippen LogP contribution in [0.1, 0.15) is 20.3 Å². The lowest BCUT2D eigenvalue weighted by molar-refractivity contribution is 0.149. The summed E-state index contributed by atoms with van der Waals surface area (Å²) in [5.74, 6) is 0. The number of nitrogens with one attached hydrogen (secondary N) is 1. The van der Waals surface area contributed by atoms with Gasteiger partial charge in [-0.2, -0.15) is 0 Å². The summed E-state index contributed by atoms with van der Waals surface area (Å²) in [6.45, 7) is 5.10. The van der Waals surface area contributed by atoms with Gasteiger partial charge < -0.3 is 15.3 Å². The molecule has 0 radical (unpaired) electrons. The van der Waals surface area contributed by atoms with E-state index in [0.717, 1.165) is 24.3 Å². The van der Waals surface area contributed by atoms with Crippen LogP contribution in [0.15, 0.2) is 18.5 Å². The first-order valence-corrected chi connectivity index (χ1v) is 5.98. The first-order valence-electron chi connectivity index (χ1n) is 5.98. The van der Waals surface area contributed by atoms with Crippen LogP contribution >= 0.6 is 0 Å². The first kappa shape index (κ1) is 13.8. The topological polar surface area (TPSA) is 48.4 Å². The molecule has 4 heteroatoms. The van der Waals surface area contributed by atoms with E-state index in [-0.39, 0.29) is 12.0 Å².